The van der Waals surface area contributed by atoms with Gasteiger partial charge in [-0.25, -0.2) is 4.39 Å². The zero-order valence-corrected chi connectivity index (χ0v) is 10.8. The second-order valence-electron chi connectivity index (χ2n) is 3.99. The van der Waals surface area contributed by atoms with Crippen molar-refractivity contribution < 1.29 is 19.0 Å². The van der Waals surface area contributed by atoms with Crippen molar-refractivity contribution in [3.63, 3.8) is 0 Å². The third kappa shape index (κ3) is 3.48. The Bertz CT molecular complexity index is 380. The Morgan fingerprint density at radius 2 is 2.29 bits per heavy atom. The second kappa shape index (κ2) is 5.91. The fraction of sp³-hybridized carbons (Fsp3) is 0.500. The molecular weight excluding hydrogens is 291 g/mol. The number of halogens is 2. The van der Waals surface area contributed by atoms with Crippen molar-refractivity contribution in [3.05, 3.63) is 34.1 Å². The van der Waals surface area contributed by atoms with Crippen molar-refractivity contribution in [3.8, 4) is 0 Å². The van der Waals surface area contributed by atoms with Gasteiger partial charge in [-0.3, -0.25) is 0 Å². The van der Waals surface area contributed by atoms with Crippen molar-refractivity contribution in [1.29, 1.82) is 0 Å². The molecule has 0 aliphatic carbocycles. The van der Waals surface area contributed by atoms with Gasteiger partial charge in [0.25, 0.3) is 0 Å². The Balaban J connectivity index is 1.99. The number of ether oxygens (including phenoxy) is 2. The average Bonchev–Trinajstić information content (AvgIpc) is 2.34. The van der Waals surface area contributed by atoms with Crippen LogP contribution in [0.1, 0.15) is 5.56 Å². The Kier molecular flexibility index (Phi) is 4.50. The molecule has 3 nitrogen and oxygen atoms in total. The van der Waals surface area contributed by atoms with Gasteiger partial charge >= 0.3 is 0 Å². The molecule has 0 amide bonds. The molecule has 17 heavy (non-hydrogen) atoms. The van der Waals surface area contributed by atoms with Crippen molar-refractivity contribution in [2.24, 2.45) is 0 Å². The SMILES string of the molecule is OC(Cc1ccc(Br)cc1F)C1COCCO1. The van der Waals surface area contributed by atoms with E-state index in [-0.39, 0.29) is 18.3 Å². The molecule has 1 aromatic carbocycles. The quantitative estimate of drug-likeness (QED) is 0.927. The van der Waals surface area contributed by atoms with Crippen LogP contribution >= 0.6 is 15.9 Å². The van der Waals surface area contributed by atoms with Crippen LogP contribution in [0, 0.1) is 5.82 Å². The van der Waals surface area contributed by atoms with E-state index in [1.807, 2.05) is 0 Å². The zero-order chi connectivity index (χ0) is 12.3. The summed E-state index contributed by atoms with van der Waals surface area (Å²) >= 11 is 3.19. The number of benzene rings is 1. The monoisotopic (exact) mass is 304 g/mol. The molecule has 2 atom stereocenters. The van der Waals surface area contributed by atoms with E-state index in [0.29, 0.717) is 29.9 Å². The van der Waals surface area contributed by atoms with Gasteiger partial charge in [-0.05, 0) is 17.7 Å². The predicted octanol–water partition coefficient (Wildman–Crippen LogP) is 1.91. The summed E-state index contributed by atoms with van der Waals surface area (Å²) in [6, 6.07) is 4.80. The molecule has 5 heteroatoms. The maximum Gasteiger partial charge on any atom is 0.127 e. The van der Waals surface area contributed by atoms with Crippen molar-refractivity contribution >= 4 is 15.9 Å². The third-order valence-corrected chi connectivity index (χ3v) is 3.21. The zero-order valence-electron chi connectivity index (χ0n) is 9.23. The van der Waals surface area contributed by atoms with Crippen molar-refractivity contribution in [2.45, 2.75) is 18.6 Å². The normalized spacial score (nSPS) is 22.4. The summed E-state index contributed by atoms with van der Waals surface area (Å²) in [6.07, 6.45) is -0.884. The molecule has 1 saturated heterocycles. The molecule has 0 bridgehead atoms. The lowest BCUT2D eigenvalue weighted by Crippen LogP contribution is -2.39. The van der Waals surface area contributed by atoms with Gasteiger partial charge < -0.3 is 14.6 Å². The van der Waals surface area contributed by atoms with Crippen LogP contribution in [0.15, 0.2) is 22.7 Å². The van der Waals surface area contributed by atoms with Crippen molar-refractivity contribution in [2.75, 3.05) is 19.8 Å². The molecule has 0 aromatic heterocycles. The summed E-state index contributed by atoms with van der Waals surface area (Å²) in [5.74, 6) is -0.324. The van der Waals surface area contributed by atoms with Gasteiger partial charge in [0.1, 0.15) is 11.9 Å². The van der Waals surface area contributed by atoms with E-state index in [1.165, 1.54) is 6.07 Å². The number of hydrogen-bond acceptors (Lipinski definition) is 3. The van der Waals surface area contributed by atoms with Gasteiger partial charge in [0, 0.05) is 10.9 Å². The summed E-state index contributed by atoms with van der Waals surface area (Å²) in [4.78, 5) is 0. The topological polar surface area (TPSA) is 38.7 Å². The van der Waals surface area contributed by atoms with Gasteiger partial charge in [0.15, 0.2) is 0 Å². The molecular formula is C12H14BrFO3. The molecule has 1 aliphatic heterocycles. The van der Waals surface area contributed by atoms with Gasteiger partial charge in [-0.1, -0.05) is 22.0 Å². The number of hydrogen-bond donors (Lipinski definition) is 1. The largest absolute Gasteiger partial charge is 0.390 e. The molecule has 0 saturated carbocycles. The second-order valence-corrected chi connectivity index (χ2v) is 4.91. The highest BCUT2D eigenvalue weighted by Gasteiger charge is 2.24. The standard InChI is InChI=1S/C12H14BrFO3/c13-9-2-1-8(10(14)6-9)5-11(15)12-7-16-3-4-17-12/h1-2,6,11-12,15H,3-5,7H2. The minimum absolute atomic E-state index is 0.229. The van der Waals surface area contributed by atoms with E-state index in [4.69, 9.17) is 9.47 Å². The summed E-state index contributed by atoms with van der Waals surface area (Å²) in [5, 5.41) is 9.94. The molecule has 2 rings (SSSR count). The fourth-order valence-corrected chi connectivity index (χ4v) is 2.11. The third-order valence-electron chi connectivity index (χ3n) is 2.72. The van der Waals surface area contributed by atoms with Gasteiger partial charge in [0.2, 0.25) is 0 Å². The molecule has 1 heterocycles. The lowest BCUT2D eigenvalue weighted by molar-refractivity contribution is -0.131. The maximum absolute atomic E-state index is 13.6. The van der Waals surface area contributed by atoms with E-state index >= 15 is 0 Å². The van der Waals surface area contributed by atoms with Gasteiger partial charge in [-0.15, -0.1) is 0 Å². The number of rotatable bonds is 3. The fourth-order valence-electron chi connectivity index (χ4n) is 1.77. The highest BCUT2D eigenvalue weighted by atomic mass is 79.9. The molecule has 0 radical (unpaired) electrons. The first-order valence-corrected chi connectivity index (χ1v) is 6.27. The Morgan fingerprint density at radius 3 is 2.94 bits per heavy atom. The van der Waals surface area contributed by atoms with E-state index in [9.17, 15) is 9.50 Å². The maximum atomic E-state index is 13.6. The lowest BCUT2D eigenvalue weighted by Gasteiger charge is -2.27. The van der Waals surface area contributed by atoms with E-state index < -0.39 is 6.10 Å². The van der Waals surface area contributed by atoms with Crippen LogP contribution in [0.2, 0.25) is 0 Å². The van der Waals surface area contributed by atoms with Crippen LogP contribution in [0.3, 0.4) is 0 Å². The van der Waals surface area contributed by atoms with Crippen LogP contribution in [-0.2, 0) is 15.9 Å². The summed E-state index contributed by atoms with van der Waals surface area (Å²) in [7, 11) is 0. The molecule has 2 unspecified atom stereocenters. The highest BCUT2D eigenvalue weighted by molar-refractivity contribution is 9.10. The van der Waals surface area contributed by atoms with Gasteiger partial charge in [-0.2, -0.15) is 0 Å². The smallest absolute Gasteiger partial charge is 0.127 e. The first-order chi connectivity index (χ1) is 8.16. The van der Waals surface area contributed by atoms with Crippen LogP contribution in [-0.4, -0.2) is 37.1 Å². The molecule has 94 valence electrons. The Morgan fingerprint density at radius 1 is 1.47 bits per heavy atom. The van der Waals surface area contributed by atoms with Crippen LogP contribution in [0.5, 0.6) is 0 Å². The average molecular weight is 305 g/mol. The summed E-state index contributed by atoms with van der Waals surface area (Å²) in [5.41, 5.74) is 0.481. The lowest BCUT2D eigenvalue weighted by atomic mass is 10.0. The highest BCUT2D eigenvalue weighted by Crippen LogP contribution is 2.18. The summed E-state index contributed by atoms with van der Waals surface area (Å²) < 4.78 is 24.8. The van der Waals surface area contributed by atoms with E-state index in [2.05, 4.69) is 15.9 Å². The first-order valence-electron chi connectivity index (χ1n) is 5.48. The van der Waals surface area contributed by atoms with Crippen LogP contribution in [0.25, 0.3) is 0 Å². The molecule has 1 fully saturated rings. The van der Waals surface area contributed by atoms with Crippen LogP contribution < -0.4 is 0 Å². The van der Waals surface area contributed by atoms with E-state index in [0.717, 1.165) is 0 Å². The summed E-state index contributed by atoms with van der Waals surface area (Å²) in [6.45, 7) is 1.39. The number of aliphatic hydroxyl groups excluding tert-OH is 1. The molecule has 1 aromatic rings. The van der Waals surface area contributed by atoms with E-state index in [1.54, 1.807) is 12.1 Å². The number of aliphatic hydroxyl groups is 1. The van der Waals surface area contributed by atoms with Crippen molar-refractivity contribution in [1.82, 2.24) is 0 Å². The Labute approximate surface area is 108 Å². The molecule has 1 aliphatic rings. The minimum atomic E-state index is -0.744. The first kappa shape index (κ1) is 13.0. The molecule has 0 spiro atoms. The Hall–Kier alpha value is -0.490. The van der Waals surface area contributed by atoms with Gasteiger partial charge in [0.05, 0.1) is 25.9 Å². The van der Waals surface area contributed by atoms with Crippen LogP contribution in [0.4, 0.5) is 4.39 Å². The predicted molar refractivity (Wildman–Crippen MR) is 64.4 cm³/mol. The molecule has 1 N–H and O–H groups in total. The minimum Gasteiger partial charge on any atom is -0.390 e.